The number of halogens is 3. The van der Waals surface area contributed by atoms with E-state index in [0.717, 1.165) is 12.1 Å². The Morgan fingerprint density at radius 1 is 1.30 bits per heavy atom. The number of rotatable bonds is 5. The Balaban J connectivity index is 2.62. The van der Waals surface area contributed by atoms with Gasteiger partial charge in [-0.25, -0.2) is 0 Å². The molecule has 0 heterocycles. The van der Waals surface area contributed by atoms with Crippen LogP contribution in [0.1, 0.15) is 17.5 Å². The lowest BCUT2D eigenvalue weighted by Gasteiger charge is -2.12. The molecule has 0 aliphatic rings. The molecule has 2 amide bonds. The number of carbonyl (C=O) groups excluding carboxylic acids is 2. The van der Waals surface area contributed by atoms with Crippen molar-refractivity contribution in [3.63, 3.8) is 0 Å². The molecule has 0 bridgehead atoms. The van der Waals surface area contributed by atoms with Gasteiger partial charge < -0.3 is 16.8 Å². The molecule has 0 spiro atoms. The molecule has 0 saturated heterocycles. The Bertz CT molecular complexity index is 503. The molecule has 0 saturated carbocycles. The van der Waals surface area contributed by atoms with Gasteiger partial charge in [-0.1, -0.05) is 12.1 Å². The first-order chi connectivity index (χ1) is 9.20. The second kappa shape index (κ2) is 6.38. The number of primary amides is 1. The summed E-state index contributed by atoms with van der Waals surface area (Å²) in [6.45, 7) is -0.116. The van der Waals surface area contributed by atoms with E-state index in [1.165, 1.54) is 12.1 Å². The van der Waals surface area contributed by atoms with Gasteiger partial charge in [0.25, 0.3) is 0 Å². The summed E-state index contributed by atoms with van der Waals surface area (Å²) in [6, 6.07) is 3.44. The van der Waals surface area contributed by atoms with Gasteiger partial charge in [0.2, 0.25) is 11.8 Å². The van der Waals surface area contributed by atoms with Crippen LogP contribution < -0.4 is 16.8 Å². The Morgan fingerprint density at radius 3 is 2.50 bits per heavy atom. The van der Waals surface area contributed by atoms with Gasteiger partial charge in [0.05, 0.1) is 18.0 Å². The third-order valence-electron chi connectivity index (χ3n) is 2.48. The van der Waals surface area contributed by atoms with Gasteiger partial charge in [0, 0.05) is 6.54 Å². The highest BCUT2D eigenvalue weighted by Crippen LogP contribution is 2.29. The van der Waals surface area contributed by atoms with Gasteiger partial charge >= 0.3 is 6.18 Å². The molecule has 5 nitrogen and oxygen atoms in total. The van der Waals surface area contributed by atoms with Crippen molar-refractivity contribution >= 4 is 11.8 Å². The number of hydrogen-bond acceptors (Lipinski definition) is 3. The molecule has 1 aromatic rings. The maximum Gasteiger partial charge on any atom is 0.416 e. The standard InChI is InChI=1S/C12H14F3N3O2/c13-12(14,15)8-3-1-2-7(4-8)6-18-11(20)9(16)5-10(17)19/h1-4,9H,5-6,16H2,(H2,17,19)(H,18,20). The molecule has 1 aromatic carbocycles. The van der Waals surface area contributed by atoms with E-state index in [4.69, 9.17) is 11.5 Å². The maximum absolute atomic E-state index is 12.5. The van der Waals surface area contributed by atoms with Crippen molar-refractivity contribution < 1.29 is 22.8 Å². The minimum Gasteiger partial charge on any atom is -0.370 e. The van der Waals surface area contributed by atoms with Gasteiger partial charge in [-0.05, 0) is 17.7 Å². The van der Waals surface area contributed by atoms with Crippen LogP contribution in [0.25, 0.3) is 0 Å². The molecule has 0 fully saturated rings. The van der Waals surface area contributed by atoms with Crippen LogP contribution in [-0.2, 0) is 22.3 Å². The minimum atomic E-state index is -4.44. The lowest BCUT2D eigenvalue weighted by Crippen LogP contribution is -2.42. The van der Waals surface area contributed by atoms with Crippen molar-refractivity contribution in [2.45, 2.75) is 25.2 Å². The first-order valence-electron chi connectivity index (χ1n) is 5.68. The molecule has 1 atom stereocenters. The smallest absolute Gasteiger partial charge is 0.370 e. The fraction of sp³-hybridized carbons (Fsp3) is 0.333. The zero-order chi connectivity index (χ0) is 15.3. The summed E-state index contributed by atoms with van der Waals surface area (Å²) in [5, 5.41) is 2.34. The number of amides is 2. The summed E-state index contributed by atoms with van der Waals surface area (Å²) < 4.78 is 37.4. The van der Waals surface area contributed by atoms with Crippen molar-refractivity contribution in [3.8, 4) is 0 Å². The predicted molar refractivity (Wildman–Crippen MR) is 65.1 cm³/mol. The Morgan fingerprint density at radius 2 is 1.95 bits per heavy atom. The van der Waals surface area contributed by atoms with Gasteiger partial charge in [-0.2, -0.15) is 13.2 Å². The summed E-state index contributed by atoms with van der Waals surface area (Å²) in [4.78, 5) is 22.0. The molecular weight excluding hydrogens is 275 g/mol. The summed E-state index contributed by atoms with van der Waals surface area (Å²) in [5.74, 6) is -1.38. The van der Waals surface area contributed by atoms with Crippen LogP contribution in [0.2, 0.25) is 0 Å². The monoisotopic (exact) mass is 289 g/mol. The maximum atomic E-state index is 12.5. The van der Waals surface area contributed by atoms with E-state index < -0.39 is 29.6 Å². The van der Waals surface area contributed by atoms with Crippen LogP contribution in [-0.4, -0.2) is 17.9 Å². The molecule has 0 radical (unpaired) electrons. The second-order valence-electron chi connectivity index (χ2n) is 4.19. The Kier molecular flexibility index (Phi) is 5.09. The van der Waals surface area contributed by atoms with E-state index >= 15 is 0 Å². The van der Waals surface area contributed by atoms with Crippen LogP contribution in [0.15, 0.2) is 24.3 Å². The van der Waals surface area contributed by atoms with Gasteiger partial charge in [-0.3, -0.25) is 9.59 Å². The Labute approximate surface area is 113 Å². The zero-order valence-corrected chi connectivity index (χ0v) is 10.4. The van der Waals surface area contributed by atoms with E-state index in [1.54, 1.807) is 0 Å². The minimum absolute atomic E-state index is 0.116. The predicted octanol–water partition coefficient (Wildman–Crippen LogP) is 0.524. The van der Waals surface area contributed by atoms with Crippen molar-refractivity contribution in [1.82, 2.24) is 5.32 Å². The normalized spacial score (nSPS) is 12.8. The largest absolute Gasteiger partial charge is 0.416 e. The van der Waals surface area contributed by atoms with Crippen molar-refractivity contribution in [2.24, 2.45) is 11.5 Å². The zero-order valence-electron chi connectivity index (χ0n) is 10.4. The lowest BCUT2D eigenvalue weighted by molar-refractivity contribution is -0.137. The quantitative estimate of drug-likeness (QED) is 0.737. The molecule has 1 rings (SSSR count). The number of nitrogens with one attached hydrogen (secondary N) is 1. The van der Waals surface area contributed by atoms with Crippen molar-refractivity contribution in [3.05, 3.63) is 35.4 Å². The van der Waals surface area contributed by atoms with Crippen molar-refractivity contribution in [1.29, 1.82) is 0 Å². The van der Waals surface area contributed by atoms with Crippen LogP contribution >= 0.6 is 0 Å². The molecule has 1 unspecified atom stereocenters. The molecule has 0 aliphatic carbocycles. The fourth-order valence-electron chi connectivity index (χ4n) is 1.49. The Hall–Kier alpha value is -2.09. The first kappa shape index (κ1) is 16.0. The average Bonchev–Trinajstić information content (AvgIpc) is 2.34. The lowest BCUT2D eigenvalue weighted by atomic mass is 10.1. The van der Waals surface area contributed by atoms with Gasteiger partial charge in [0.1, 0.15) is 0 Å². The molecular formula is C12H14F3N3O2. The number of nitrogens with two attached hydrogens (primary N) is 2. The van der Waals surface area contributed by atoms with Gasteiger partial charge in [-0.15, -0.1) is 0 Å². The summed E-state index contributed by atoms with van der Waals surface area (Å²) in [7, 11) is 0. The number of alkyl halides is 3. The van der Waals surface area contributed by atoms with Crippen LogP contribution in [0.3, 0.4) is 0 Å². The van der Waals surface area contributed by atoms with Crippen LogP contribution in [0.5, 0.6) is 0 Å². The fourth-order valence-corrected chi connectivity index (χ4v) is 1.49. The summed E-state index contributed by atoms with van der Waals surface area (Å²) >= 11 is 0. The molecule has 20 heavy (non-hydrogen) atoms. The molecule has 5 N–H and O–H groups in total. The highest BCUT2D eigenvalue weighted by atomic mass is 19.4. The summed E-state index contributed by atoms with van der Waals surface area (Å²) in [6.07, 6.45) is -4.77. The van der Waals surface area contributed by atoms with Crippen LogP contribution in [0.4, 0.5) is 13.2 Å². The highest BCUT2D eigenvalue weighted by Gasteiger charge is 2.30. The van der Waals surface area contributed by atoms with Gasteiger partial charge in [0.15, 0.2) is 0 Å². The third-order valence-corrected chi connectivity index (χ3v) is 2.48. The molecule has 110 valence electrons. The number of carbonyl (C=O) groups is 2. The highest BCUT2D eigenvalue weighted by molar-refractivity contribution is 5.87. The summed E-state index contributed by atoms with van der Waals surface area (Å²) in [5.41, 5.74) is 9.75. The van der Waals surface area contributed by atoms with E-state index in [0.29, 0.717) is 0 Å². The molecule has 0 aromatic heterocycles. The average molecular weight is 289 g/mol. The first-order valence-corrected chi connectivity index (χ1v) is 5.68. The molecule has 8 heteroatoms. The number of benzene rings is 1. The molecule has 0 aliphatic heterocycles. The second-order valence-corrected chi connectivity index (χ2v) is 4.19. The van der Waals surface area contributed by atoms with E-state index in [2.05, 4.69) is 5.32 Å². The van der Waals surface area contributed by atoms with E-state index in [-0.39, 0.29) is 18.5 Å². The van der Waals surface area contributed by atoms with E-state index in [9.17, 15) is 22.8 Å². The van der Waals surface area contributed by atoms with Crippen molar-refractivity contribution in [2.75, 3.05) is 0 Å². The van der Waals surface area contributed by atoms with E-state index in [1.807, 2.05) is 0 Å². The van der Waals surface area contributed by atoms with Crippen LogP contribution in [0, 0.1) is 0 Å². The third kappa shape index (κ3) is 4.88. The topological polar surface area (TPSA) is 98.2 Å². The SMILES string of the molecule is NC(=O)CC(N)C(=O)NCc1cccc(C(F)(F)F)c1. The number of hydrogen-bond donors (Lipinski definition) is 3.